The molecule has 10 N–H and O–H groups in total. The van der Waals surface area contributed by atoms with Crippen molar-refractivity contribution < 1.29 is 103 Å². The van der Waals surface area contributed by atoms with Crippen molar-refractivity contribution in [3.8, 4) is 11.1 Å². The van der Waals surface area contributed by atoms with Crippen LogP contribution in [0.25, 0.3) is 11.1 Å². The highest BCUT2D eigenvalue weighted by atomic mass is 32.2. The largest absolute Gasteiger partial charge is 0.490 e. The second-order valence-electron chi connectivity index (χ2n) is 18.7. The van der Waals surface area contributed by atoms with Gasteiger partial charge in [0.15, 0.2) is 5.78 Å². The van der Waals surface area contributed by atoms with E-state index in [0.29, 0.717) is 17.8 Å². The van der Waals surface area contributed by atoms with Crippen molar-refractivity contribution in [2.24, 2.45) is 22.8 Å². The van der Waals surface area contributed by atoms with E-state index in [2.05, 4.69) is 10.6 Å². The maximum Gasteiger partial charge on any atom is 0.490 e. The number of unbranched alkanes of at least 4 members (excludes halogenated alkanes) is 1. The van der Waals surface area contributed by atoms with Crippen LogP contribution in [-0.4, -0.2) is 137 Å². The summed E-state index contributed by atoms with van der Waals surface area (Å²) >= 11 is 1.09. The topological polar surface area (TPSA) is 336 Å². The number of halogens is 8. The summed E-state index contributed by atoms with van der Waals surface area (Å²) in [5.41, 5.74) is 12.2. The Kier molecular flexibility index (Phi) is 28.0. The Labute approximate surface area is 451 Å². The monoisotopic (exact) mass is 1150 g/mol. The van der Waals surface area contributed by atoms with Crippen molar-refractivity contribution in [3.63, 3.8) is 0 Å². The minimum absolute atomic E-state index is 0.0111. The minimum atomic E-state index is -5.08. The quantitative estimate of drug-likeness (QED) is 0.0327. The summed E-state index contributed by atoms with van der Waals surface area (Å²) in [5, 5.41) is 37.3. The number of rotatable bonds is 27. The van der Waals surface area contributed by atoms with Gasteiger partial charge in [-0.25, -0.2) is 23.2 Å². The van der Waals surface area contributed by atoms with Gasteiger partial charge >= 0.3 is 36.2 Å². The molecule has 20 nitrogen and oxygen atoms in total. The Morgan fingerprint density at radius 1 is 0.734 bits per heavy atom. The molecule has 4 amide bonds. The Hall–Kier alpha value is -7.43. The first kappa shape index (κ1) is 69.6. The summed E-state index contributed by atoms with van der Waals surface area (Å²) in [5.74, 6) is -14.1. The maximum absolute atomic E-state index is 15.3. The van der Waals surface area contributed by atoms with E-state index in [1.807, 2.05) is 55.7 Å². The maximum atomic E-state index is 15.3. The number of nitrogens with zero attached hydrogens (tertiary/aromatic N) is 2. The summed E-state index contributed by atoms with van der Waals surface area (Å²) in [4.78, 5) is 120. The number of carbonyl (C=O) groups excluding carboxylic acids is 6. The SMILES string of the molecule is C[C@H](N)C(=O)C[C@H](C)C(=O)N[C@@H](CC(N)=O)C(=O)CCCCN(C(=O)CSCCC(=O)N[C@H](CC(=O)O)C(=O)O)[C@@H](c1cc(-c2cc(F)ccc2F)cn1Cc1ccccc1)C(C)(C)C.O=C(O)C(F)(F)F.O=C(O)C(F)(F)F. The number of carbonyl (C=O) groups is 10. The van der Waals surface area contributed by atoms with Crippen LogP contribution in [0.5, 0.6) is 0 Å². The number of alkyl halides is 6. The van der Waals surface area contributed by atoms with Crippen LogP contribution in [0.3, 0.4) is 0 Å². The van der Waals surface area contributed by atoms with Gasteiger partial charge in [-0.1, -0.05) is 58.0 Å². The molecule has 3 aromatic rings. The number of carboxylic acids is 4. The van der Waals surface area contributed by atoms with Gasteiger partial charge in [-0.3, -0.25) is 33.6 Å². The van der Waals surface area contributed by atoms with Crippen LogP contribution in [0.1, 0.15) is 96.9 Å². The number of hydrogen-bond donors (Lipinski definition) is 8. The molecule has 2 aromatic carbocycles. The van der Waals surface area contributed by atoms with Crippen molar-refractivity contribution in [1.29, 1.82) is 0 Å². The van der Waals surface area contributed by atoms with Gasteiger partial charge in [-0.05, 0) is 55.0 Å². The number of ketones is 2. The molecule has 0 spiro atoms. The zero-order valence-corrected chi connectivity index (χ0v) is 44.1. The lowest BCUT2D eigenvalue weighted by Crippen LogP contribution is -2.46. The first-order valence-electron chi connectivity index (χ1n) is 23.7. The summed E-state index contributed by atoms with van der Waals surface area (Å²) in [6, 6.07) is 9.82. The van der Waals surface area contributed by atoms with E-state index in [4.69, 9.17) is 36.4 Å². The number of hydrogen-bond acceptors (Lipinski definition) is 12. The minimum Gasteiger partial charge on any atom is -0.481 e. The van der Waals surface area contributed by atoms with Crippen LogP contribution in [0.15, 0.2) is 60.8 Å². The number of thioether (sulfide) groups is 1. The molecule has 3 rings (SSSR count). The molecule has 29 heteroatoms. The number of amides is 4. The average molecular weight is 1160 g/mol. The van der Waals surface area contributed by atoms with E-state index in [-0.39, 0.29) is 67.4 Å². The van der Waals surface area contributed by atoms with E-state index in [1.165, 1.54) is 13.8 Å². The molecule has 5 atom stereocenters. The van der Waals surface area contributed by atoms with Crippen LogP contribution < -0.4 is 22.1 Å². The highest BCUT2D eigenvalue weighted by molar-refractivity contribution is 7.99. The average Bonchev–Trinajstić information content (AvgIpc) is 3.72. The van der Waals surface area contributed by atoms with E-state index in [1.54, 1.807) is 17.2 Å². The highest BCUT2D eigenvalue weighted by Gasteiger charge is 2.40. The fourth-order valence-corrected chi connectivity index (χ4v) is 7.97. The second kappa shape index (κ2) is 31.8. The van der Waals surface area contributed by atoms with Gasteiger partial charge in [0, 0.05) is 67.0 Å². The number of Topliss-reactive ketones (excluding diaryl/α,β-unsaturated/α-hetero) is 2. The van der Waals surface area contributed by atoms with Crippen molar-refractivity contribution in [2.45, 2.75) is 123 Å². The normalized spacial score (nSPS) is 13.3. The molecule has 0 saturated carbocycles. The number of benzene rings is 2. The van der Waals surface area contributed by atoms with Crippen molar-refractivity contribution in [1.82, 2.24) is 20.1 Å². The number of primary amides is 1. The van der Waals surface area contributed by atoms with E-state index >= 15 is 4.39 Å². The lowest BCUT2D eigenvalue weighted by atomic mass is 9.82. The summed E-state index contributed by atoms with van der Waals surface area (Å²) in [7, 11) is 0. The number of aromatic nitrogens is 1. The third kappa shape index (κ3) is 25.7. The van der Waals surface area contributed by atoms with Crippen LogP contribution in [0, 0.1) is 23.0 Å². The Morgan fingerprint density at radius 3 is 1.80 bits per heavy atom. The molecule has 79 heavy (non-hydrogen) atoms. The number of aliphatic carboxylic acids is 4. The standard InChI is InChI=1S/C46H60F2N6O10S.2C2HF3O2/c1-27(19-38(56)28(2)49)44(62)52-34(22-39(50)57)37(55)13-9-10-17-54(41(59)26-65-18-16-40(58)51-35(45(63)64)23-42(60)61)43(46(3,4)5)36-20-30(32-21-31(47)14-15-33(32)48)25-53(36)24-29-11-7-6-8-12-29;2*3-2(4,5)1(6)7/h6-8,11-12,14-15,20-21,25,27-28,34-35,43H,9-10,13,16-19,22-24,26,49H2,1-5H3,(H2,50,57)(H,51,58)(H,52,62)(H,60,61)(H,63,64);2*(H,6,7)/t27-,28-,34-,35+,43-;;/m0../s1. The van der Waals surface area contributed by atoms with Crippen molar-refractivity contribution in [2.75, 3.05) is 18.1 Å². The van der Waals surface area contributed by atoms with Crippen LogP contribution in [0.2, 0.25) is 0 Å². The fourth-order valence-electron chi connectivity index (χ4n) is 7.15. The molecular formula is C50H62F8N6O14S. The van der Waals surface area contributed by atoms with Crippen LogP contribution in [0.4, 0.5) is 35.1 Å². The predicted molar refractivity (Wildman–Crippen MR) is 267 cm³/mol. The Bertz CT molecular complexity index is 2590. The molecule has 1 heterocycles. The molecule has 438 valence electrons. The molecule has 0 bridgehead atoms. The van der Waals surface area contributed by atoms with E-state index in [9.17, 15) is 74.2 Å². The third-order valence-corrected chi connectivity index (χ3v) is 11.9. The molecule has 0 radical (unpaired) electrons. The van der Waals surface area contributed by atoms with Crippen LogP contribution >= 0.6 is 11.8 Å². The van der Waals surface area contributed by atoms with Gasteiger partial charge in [-0.2, -0.15) is 38.1 Å². The smallest absolute Gasteiger partial charge is 0.481 e. The first-order valence-corrected chi connectivity index (χ1v) is 24.8. The molecule has 0 unspecified atom stereocenters. The van der Waals surface area contributed by atoms with Gasteiger partial charge in [-0.15, -0.1) is 0 Å². The second-order valence-corrected chi connectivity index (χ2v) is 19.8. The zero-order valence-electron chi connectivity index (χ0n) is 43.3. The van der Waals surface area contributed by atoms with Gasteiger partial charge in [0.2, 0.25) is 23.6 Å². The molecule has 0 aliphatic heterocycles. The third-order valence-electron chi connectivity index (χ3n) is 10.9. The van der Waals surface area contributed by atoms with Crippen molar-refractivity contribution in [3.05, 3.63) is 83.7 Å². The van der Waals surface area contributed by atoms with Gasteiger partial charge in [0.25, 0.3) is 0 Å². The first-order chi connectivity index (χ1) is 36.4. The predicted octanol–water partition coefficient (Wildman–Crippen LogP) is 5.87. The lowest BCUT2D eigenvalue weighted by molar-refractivity contribution is -0.193. The summed E-state index contributed by atoms with van der Waals surface area (Å²) in [6.07, 6.45) is -9.84. The Balaban J connectivity index is 0.00000196. The van der Waals surface area contributed by atoms with E-state index < -0.39 is 120 Å². The lowest BCUT2D eigenvalue weighted by Gasteiger charge is -2.41. The molecule has 0 fully saturated rings. The molecular weight excluding hydrogens is 1090 g/mol. The van der Waals surface area contributed by atoms with E-state index in [0.717, 1.165) is 35.5 Å². The zero-order chi connectivity index (χ0) is 60.7. The summed E-state index contributed by atoms with van der Waals surface area (Å²) < 4.78 is 95.2. The van der Waals surface area contributed by atoms with Crippen LogP contribution in [-0.2, 0) is 54.5 Å². The molecule has 0 aliphatic carbocycles. The highest BCUT2D eigenvalue weighted by Crippen LogP contribution is 2.41. The van der Waals surface area contributed by atoms with Gasteiger partial charge < -0.3 is 52.0 Å². The number of nitrogens with one attached hydrogen (secondary N) is 2. The molecule has 1 aromatic heterocycles. The summed E-state index contributed by atoms with van der Waals surface area (Å²) in [6.45, 7) is 9.10. The molecule has 0 saturated heterocycles. The number of nitrogens with two attached hydrogens (primary N) is 2. The van der Waals surface area contributed by atoms with Gasteiger partial charge in [0.05, 0.1) is 36.7 Å². The number of carboxylic acid groups (broad SMARTS) is 4. The van der Waals surface area contributed by atoms with Crippen molar-refractivity contribution >= 4 is 70.8 Å². The van der Waals surface area contributed by atoms with Gasteiger partial charge in [0.1, 0.15) is 23.5 Å². The molecule has 0 aliphatic rings. The Morgan fingerprint density at radius 2 is 1.30 bits per heavy atom. The fraction of sp³-hybridized carbons (Fsp3) is 0.480.